The molecule has 3 rings (SSSR count). The zero-order chi connectivity index (χ0) is 15.9. The van der Waals surface area contributed by atoms with Crippen LogP contribution in [0.3, 0.4) is 0 Å². The summed E-state index contributed by atoms with van der Waals surface area (Å²) >= 11 is 0. The monoisotopic (exact) mass is 320 g/mol. The number of carbonyl (C=O) groups is 1. The highest BCUT2D eigenvalue weighted by Gasteiger charge is 2.26. The molecular formula is C15H13FN2O3S. The van der Waals surface area contributed by atoms with Gasteiger partial charge in [-0.05, 0) is 36.2 Å². The second-order valence-electron chi connectivity index (χ2n) is 5.03. The number of benzene rings is 2. The average Bonchev–Trinajstić information content (AvgIpc) is 2.89. The highest BCUT2D eigenvalue weighted by Crippen LogP contribution is 2.29. The van der Waals surface area contributed by atoms with Gasteiger partial charge in [0.2, 0.25) is 10.0 Å². The molecule has 2 aromatic carbocycles. The molecule has 22 heavy (non-hydrogen) atoms. The van der Waals surface area contributed by atoms with E-state index in [9.17, 15) is 17.6 Å². The van der Waals surface area contributed by atoms with Crippen LogP contribution in [0.1, 0.15) is 15.9 Å². The van der Waals surface area contributed by atoms with E-state index >= 15 is 0 Å². The number of rotatable bonds is 2. The third kappa shape index (κ3) is 2.49. The molecule has 1 aliphatic rings. The highest BCUT2D eigenvalue weighted by atomic mass is 32.2. The zero-order valence-corrected chi connectivity index (χ0v) is 12.3. The normalized spacial score (nSPS) is 14.0. The SMILES string of the molecule is NS(=O)(=O)c1cc(C(=O)N2CCc3ccccc32)ccc1F. The van der Waals surface area contributed by atoms with Crippen LogP contribution in [0.25, 0.3) is 0 Å². The third-order valence-electron chi connectivity index (χ3n) is 3.62. The summed E-state index contributed by atoms with van der Waals surface area (Å²) in [4.78, 5) is 13.4. The van der Waals surface area contributed by atoms with Crippen LogP contribution in [0.4, 0.5) is 10.1 Å². The molecule has 1 amide bonds. The minimum absolute atomic E-state index is 0.0853. The molecule has 0 radical (unpaired) electrons. The van der Waals surface area contributed by atoms with Crippen molar-refractivity contribution in [2.75, 3.05) is 11.4 Å². The van der Waals surface area contributed by atoms with E-state index in [0.29, 0.717) is 6.54 Å². The van der Waals surface area contributed by atoms with Gasteiger partial charge >= 0.3 is 0 Å². The Balaban J connectivity index is 2.01. The topological polar surface area (TPSA) is 80.5 Å². The van der Waals surface area contributed by atoms with Crippen molar-refractivity contribution >= 4 is 21.6 Å². The number of primary sulfonamides is 1. The molecule has 0 atom stereocenters. The van der Waals surface area contributed by atoms with E-state index in [0.717, 1.165) is 29.8 Å². The molecule has 0 fully saturated rings. The predicted octanol–water partition coefficient (Wildman–Crippen LogP) is 1.68. The van der Waals surface area contributed by atoms with Crippen molar-refractivity contribution in [2.24, 2.45) is 5.14 Å². The smallest absolute Gasteiger partial charge is 0.258 e. The maximum Gasteiger partial charge on any atom is 0.258 e. The fourth-order valence-electron chi connectivity index (χ4n) is 2.56. The molecule has 0 bridgehead atoms. The Morgan fingerprint density at radius 1 is 1.18 bits per heavy atom. The number of para-hydroxylation sites is 1. The molecule has 0 aromatic heterocycles. The first-order valence-electron chi connectivity index (χ1n) is 6.60. The lowest BCUT2D eigenvalue weighted by atomic mass is 10.1. The summed E-state index contributed by atoms with van der Waals surface area (Å²) in [6.45, 7) is 0.500. The standard InChI is InChI=1S/C15H13FN2O3S/c16-12-6-5-11(9-14(12)22(17,20)21)15(19)18-8-7-10-3-1-2-4-13(10)18/h1-6,9H,7-8H2,(H2,17,20,21). The van der Waals surface area contributed by atoms with Crippen LogP contribution < -0.4 is 10.0 Å². The summed E-state index contributed by atoms with van der Waals surface area (Å²) in [5.41, 5.74) is 1.92. The van der Waals surface area contributed by atoms with Crippen LogP contribution in [0, 0.1) is 5.82 Å². The van der Waals surface area contributed by atoms with Gasteiger partial charge in [0.15, 0.2) is 0 Å². The summed E-state index contributed by atoms with van der Waals surface area (Å²) < 4.78 is 36.3. The summed E-state index contributed by atoms with van der Waals surface area (Å²) in [5, 5.41) is 4.96. The quantitative estimate of drug-likeness (QED) is 0.914. The van der Waals surface area contributed by atoms with Crippen LogP contribution in [0.5, 0.6) is 0 Å². The number of fused-ring (bicyclic) bond motifs is 1. The second kappa shape index (κ2) is 5.19. The number of carbonyl (C=O) groups excluding carboxylic acids is 1. The van der Waals surface area contributed by atoms with Crippen molar-refractivity contribution in [3.05, 3.63) is 59.4 Å². The molecule has 114 valence electrons. The Bertz CT molecular complexity index is 865. The largest absolute Gasteiger partial charge is 0.308 e. The van der Waals surface area contributed by atoms with Gasteiger partial charge in [-0.1, -0.05) is 18.2 Å². The van der Waals surface area contributed by atoms with E-state index in [1.54, 1.807) is 4.90 Å². The number of nitrogens with two attached hydrogens (primary N) is 1. The van der Waals surface area contributed by atoms with Gasteiger partial charge in [-0.3, -0.25) is 4.79 Å². The fourth-order valence-corrected chi connectivity index (χ4v) is 3.19. The Morgan fingerprint density at radius 2 is 1.91 bits per heavy atom. The van der Waals surface area contributed by atoms with Crippen molar-refractivity contribution < 1.29 is 17.6 Å². The van der Waals surface area contributed by atoms with Gasteiger partial charge in [0.1, 0.15) is 10.7 Å². The number of hydrogen-bond acceptors (Lipinski definition) is 3. The van der Waals surface area contributed by atoms with Gasteiger partial charge in [0.05, 0.1) is 0 Å². The van der Waals surface area contributed by atoms with E-state index in [1.807, 2.05) is 24.3 Å². The van der Waals surface area contributed by atoms with Gasteiger partial charge in [0, 0.05) is 17.8 Å². The molecular weight excluding hydrogens is 307 g/mol. The number of anilines is 1. The van der Waals surface area contributed by atoms with Gasteiger partial charge in [-0.15, -0.1) is 0 Å². The molecule has 0 saturated carbocycles. The first-order valence-corrected chi connectivity index (χ1v) is 8.14. The van der Waals surface area contributed by atoms with Gasteiger partial charge in [0.25, 0.3) is 5.91 Å². The lowest BCUT2D eigenvalue weighted by molar-refractivity contribution is 0.0989. The minimum atomic E-state index is -4.22. The van der Waals surface area contributed by atoms with Gasteiger partial charge in [-0.2, -0.15) is 0 Å². The van der Waals surface area contributed by atoms with Gasteiger partial charge in [-0.25, -0.2) is 17.9 Å². The Hall–Kier alpha value is -2.25. The van der Waals surface area contributed by atoms with Crippen LogP contribution >= 0.6 is 0 Å². The lowest BCUT2D eigenvalue weighted by Crippen LogP contribution is -2.29. The van der Waals surface area contributed by atoms with E-state index in [-0.39, 0.29) is 11.5 Å². The van der Waals surface area contributed by atoms with Gasteiger partial charge < -0.3 is 4.90 Å². The van der Waals surface area contributed by atoms with Crippen LogP contribution in [-0.4, -0.2) is 20.9 Å². The molecule has 1 aliphatic heterocycles. The molecule has 2 N–H and O–H groups in total. The van der Waals surface area contributed by atoms with Crippen molar-refractivity contribution in [1.29, 1.82) is 0 Å². The molecule has 0 saturated heterocycles. The lowest BCUT2D eigenvalue weighted by Gasteiger charge is -2.17. The first-order chi connectivity index (χ1) is 10.4. The van der Waals surface area contributed by atoms with Crippen molar-refractivity contribution in [2.45, 2.75) is 11.3 Å². The maximum absolute atomic E-state index is 13.6. The Kier molecular flexibility index (Phi) is 3.46. The minimum Gasteiger partial charge on any atom is -0.308 e. The van der Waals surface area contributed by atoms with Crippen LogP contribution in [0.15, 0.2) is 47.4 Å². The second-order valence-corrected chi connectivity index (χ2v) is 6.56. The highest BCUT2D eigenvalue weighted by molar-refractivity contribution is 7.89. The molecule has 2 aromatic rings. The number of sulfonamides is 1. The average molecular weight is 320 g/mol. The molecule has 7 heteroatoms. The van der Waals surface area contributed by atoms with Crippen LogP contribution in [-0.2, 0) is 16.4 Å². The van der Waals surface area contributed by atoms with E-state index in [1.165, 1.54) is 6.07 Å². The van der Waals surface area contributed by atoms with E-state index in [4.69, 9.17) is 5.14 Å². The number of halogens is 1. The molecule has 1 heterocycles. The molecule has 5 nitrogen and oxygen atoms in total. The maximum atomic E-state index is 13.6. The number of amides is 1. The first kappa shape index (κ1) is 14.7. The van der Waals surface area contributed by atoms with Crippen LogP contribution in [0.2, 0.25) is 0 Å². The molecule has 0 unspecified atom stereocenters. The number of hydrogen-bond donors (Lipinski definition) is 1. The summed E-state index contributed by atoms with van der Waals surface area (Å²) in [6.07, 6.45) is 0.727. The summed E-state index contributed by atoms with van der Waals surface area (Å²) in [5.74, 6) is -1.35. The third-order valence-corrected chi connectivity index (χ3v) is 4.54. The number of nitrogens with zero attached hydrogens (tertiary/aromatic N) is 1. The zero-order valence-electron chi connectivity index (χ0n) is 11.5. The van der Waals surface area contributed by atoms with Crippen molar-refractivity contribution in [3.8, 4) is 0 Å². The Morgan fingerprint density at radius 3 is 2.64 bits per heavy atom. The molecule has 0 spiro atoms. The summed E-state index contributed by atoms with van der Waals surface area (Å²) in [6, 6.07) is 10.7. The summed E-state index contributed by atoms with van der Waals surface area (Å²) in [7, 11) is -4.22. The van der Waals surface area contributed by atoms with E-state index in [2.05, 4.69) is 0 Å². The molecule has 0 aliphatic carbocycles. The van der Waals surface area contributed by atoms with Crippen molar-refractivity contribution in [3.63, 3.8) is 0 Å². The van der Waals surface area contributed by atoms with Crippen molar-refractivity contribution in [1.82, 2.24) is 0 Å². The van der Waals surface area contributed by atoms with E-state index < -0.39 is 20.7 Å². The Labute approximate surface area is 127 Å². The predicted molar refractivity (Wildman–Crippen MR) is 79.6 cm³/mol. The fraction of sp³-hybridized carbons (Fsp3) is 0.133.